The first kappa shape index (κ1) is 28.2. The number of aromatic nitrogens is 3. The molecule has 2 N–H and O–H groups in total. The summed E-state index contributed by atoms with van der Waals surface area (Å²) in [6, 6.07) is 13.6. The molecule has 4 aromatic rings. The highest BCUT2D eigenvalue weighted by Crippen LogP contribution is 2.43. The van der Waals surface area contributed by atoms with E-state index in [0.29, 0.717) is 5.56 Å². The van der Waals surface area contributed by atoms with Gasteiger partial charge in [-0.15, -0.1) is 0 Å². The molecule has 1 atom stereocenters. The van der Waals surface area contributed by atoms with Crippen LogP contribution in [0.25, 0.3) is 34.3 Å². The van der Waals surface area contributed by atoms with E-state index in [1.807, 2.05) is 0 Å². The molecule has 13 heteroatoms. The SMILES string of the molecule is CC1(O)CN(C(=O)CCCC(=O)C(O)c2ccc(-c3noc(-c4onc(-c5ccccc5)c4C(F)(F)F)n3)cc2)C1. The molecule has 1 aliphatic heterocycles. The van der Waals surface area contributed by atoms with Crippen LogP contribution in [0.15, 0.2) is 63.6 Å². The molecular weight excluding hydrogens is 545 g/mol. The Morgan fingerprint density at radius 3 is 2.32 bits per heavy atom. The van der Waals surface area contributed by atoms with Crippen molar-refractivity contribution in [1.29, 1.82) is 0 Å². The lowest BCUT2D eigenvalue weighted by molar-refractivity contribution is -0.152. The molecule has 0 saturated carbocycles. The Morgan fingerprint density at radius 2 is 1.68 bits per heavy atom. The monoisotopic (exact) mass is 570 g/mol. The Balaban J connectivity index is 1.24. The van der Waals surface area contributed by atoms with Crippen LogP contribution in [0.2, 0.25) is 0 Å². The van der Waals surface area contributed by atoms with E-state index in [9.17, 15) is 33.0 Å². The van der Waals surface area contributed by atoms with Crippen molar-refractivity contribution in [2.45, 2.75) is 44.1 Å². The minimum atomic E-state index is -4.82. The molecule has 0 radical (unpaired) electrons. The molecule has 214 valence electrons. The van der Waals surface area contributed by atoms with Crippen molar-refractivity contribution in [3.05, 3.63) is 65.7 Å². The van der Waals surface area contributed by atoms with Crippen LogP contribution in [0.5, 0.6) is 0 Å². The van der Waals surface area contributed by atoms with Crippen LogP contribution in [0.3, 0.4) is 0 Å². The van der Waals surface area contributed by atoms with Crippen molar-refractivity contribution >= 4 is 11.7 Å². The van der Waals surface area contributed by atoms with E-state index in [0.717, 1.165) is 0 Å². The number of nitrogens with zero attached hydrogens (tertiary/aromatic N) is 4. The molecule has 5 rings (SSSR count). The van der Waals surface area contributed by atoms with Crippen LogP contribution >= 0.6 is 0 Å². The fraction of sp³-hybridized carbons (Fsp3) is 0.321. The Kier molecular flexibility index (Phi) is 7.49. The summed E-state index contributed by atoms with van der Waals surface area (Å²) in [5.41, 5.74) is -1.57. The van der Waals surface area contributed by atoms with Crippen LogP contribution in [0, 0.1) is 0 Å². The van der Waals surface area contributed by atoms with Gasteiger partial charge in [-0.3, -0.25) is 9.59 Å². The number of likely N-dealkylation sites (tertiary alicyclic amines) is 1. The first-order valence-corrected chi connectivity index (χ1v) is 12.7. The first-order valence-electron chi connectivity index (χ1n) is 12.7. The van der Waals surface area contributed by atoms with Crippen molar-refractivity contribution < 1.29 is 42.0 Å². The third-order valence-corrected chi connectivity index (χ3v) is 6.66. The van der Waals surface area contributed by atoms with E-state index in [1.54, 1.807) is 25.1 Å². The number of Topliss-reactive ketones (excluding diaryl/α,β-unsaturated/α-hetero) is 1. The van der Waals surface area contributed by atoms with E-state index < -0.39 is 46.6 Å². The summed E-state index contributed by atoms with van der Waals surface area (Å²) in [7, 11) is 0. The number of hydrogen-bond donors (Lipinski definition) is 2. The van der Waals surface area contributed by atoms with E-state index in [-0.39, 0.29) is 55.2 Å². The molecule has 1 saturated heterocycles. The van der Waals surface area contributed by atoms with E-state index >= 15 is 0 Å². The number of carbonyl (C=O) groups is 2. The minimum Gasteiger partial charge on any atom is -0.386 e. The van der Waals surface area contributed by atoms with Crippen molar-refractivity contribution in [3.63, 3.8) is 0 Å². The van der Waals surface area contributed by atoms with Gasteiger partial charge < -0.3 is 24.2 Å². The number of hydrogen-bond acceptors (Lipinski definition) is 9. The number of amides is 1. The minimum absolute atomic E-state index is 0.0171. The maximum absolute atomic E-state index is 14.0. The molecule has 41 heavy (non-hydrogen) atoms. The number of β-amino-alcohol motifs (C(OH)–C–C–N with tert-alkyl or cyclic N) is 1. The third kappa shape index (κ3) is 6.05. The van der Waals surface area contributed by atoms with Gasteiger partial charge in [-0.2, -0.15) is 18.2 Å². The summed E-state index contributed by atoms with van der Waals surface area (Å²) in [5, 5.41) is 27.5. The summed E-state index contributed by atoms with van der Waals surface area (Å²) >= 11 is 0. The zero-order valence-electron chi connectivity index (χ0n) is 21.8. The molecule has 10 nitrogen and oxygen atoms in total. The summed E-state index contributed by atoms with van der Waals surface area (Å²) in [6.07, 6.45) is -5.88. The second kappa shape index (κ2) is 10.9. The molecule has 2 aromatic carbocycles. The highest BCUT2D eigenvalue weighted by molar-refractivity contribution is 5.85. The number of aliphatic hydroxyl groups excluding tert-OH is 1. The Bertz CT molecular complexity index is 1540. The Labute approximate surface area is 231 Å². The molecule has 1 unspecified atom stereocenters. The summed E-state index contributed by atoms with van der Waals surface area (Å²) < 4.78 is 51.9. The summed E-state index contributed by atoms with van der Waals surface area (Å²) in [4.78, 5) is 30.1. The number of benzene rings is 2. The van der Waals surface area contributed by atoms with Gasteiger partial charge in [0.05, 0.1) is 18.7 Å². The summed E-state index contributed by atoms with van der Waals surface area (Å²) in [6.45, 7) is 2.15. The van der Waals surface area contributed by atoms with Gasteiger partial charge in [0.15, 0.2) is 5.78 Å². The maximum atomic E-state index is 14.0. The molecule has 1 fully saturated rings. The fourth-order valence-corrected chi connectivity index (χ4v) is 4.59. The van der Waals surface area contributed by atoms with E-state index in [1.165, 1.54) is 41.3 Å². The second-order valence-corrected chi connectivity index (χ2v) is 10.1. The average molecular weight is 571 g/mol. The Morgan fingerprint density at radius 1 is 1.00 bits per heavy atom. The number of alkyl halides is 3. The van der Waals surface area contributed by atoms with Crippen LogP contribution in [-0.2, 0) is 15.8 Å². The van der Waals surface area contributed by atoms with Gasteiger partial charge in [-0.1, -0.05) is 64.9 Å². The zero-order valence-corrected chi connectivity index (χ0v) is 21.8. The molecule has 2 aromatic heterocycles. The number of carbonyl (C=O) groups excluding carboxylic acids is 2. The third-order valence-electron chi connectivity index (χ3n) is 6.66. The lowest BCUT2D eigenvalue weighted by Crippen LogP contribution is -2.61. The summed E-state index contributed by atoms with van der Waals surface area (Å²) in [5.74, 6) is -1.90. The zero-order chi connectivity index (χ0) is 29.4. The van der Waals surface area contributed by atoms with Crippen LogP contribution in [0.4, 0.5) is 13.2 Å². The van der Waals surface area contributed by atoms with Crippen molar-refractivity contribution in [2.75, 3.05) is 13.1 Å². The second-order valence-electron chi connectivity index (χ2n) is 10.1. The number of ketones is 1. The largest absolute Gasteiger partial charge is 0.422 e. The fourth-order valence-electron chi connectivity index (χ4n) is 4.59. The number of aliphatic hydroxyl groups is 2. The van der Waals surface area contributed by atoms with E-state index in [4.69, 9.17) is 9.05 Å². The highest BCUT2D eigenvalue weighted by atomic mass is 19.4. The van der Waals surface area contributed by atoms with Crippen molar-refractivity contribution in [2.24, 2.45) is 0 Å². The van der Waals surface area contributed by atoms with Gasteiger partial charge in [0.1, 0.15) is 17.4 Å². The van der Waals surface area contributed by atoms with Gasteiger partial charge in [0.25, 0.3) is 5.89 Å². The van der Waals surface area contributed by atoms with Crippen LogP contribution < -0.4 is 0 Å². The smallest absolute Gasteiger partial charge is 0.386 e. The standard InChI is InChI=1S/C28H25F3N4O6/c1-27(39)14-35(15-27)20(37)9-5-8-19(36)23(38)17-10-12-18(13-11-17)25-32-26(41-34-25)24-21(28(29,30)31)22(33-40-24)16-6-3-2-4-7-16/h2-4,6-7,10-13,23,38-39H,5,8-9,14-15H2,1H3. The normalized spacial score (nSPS) is 15.4. The predicted octanol–water partition coefficient (Wildman–Crippen LogP) is 4.44. The van der Waals surface area contributed by atoms with Gasteiger partial charge in [-0.25, -0.2) is 0 Å². The lowest BCUT2D eigenvalue weighted by atomic mass is 9.96. The number of rotatable bonds is 9. The van der Waals surface area contributed by atoms with Crippen molar-refractivity contribution in [1.82, 2.24) is 20.2 Å². The molecule has 0 spiro atoms. The molecule has 1 amide bonds. The molecule has 3 heterocycles. The quantitative estimate of drug-likeness (QED) is 0.298. The lowest BCUT2D eigenvalue weighted by Gasteiger charge is -2.44. The van der Waals surface area contributed by atoms with Crippen molar-refractivity contribution in [3.8, 4) is 34.3 Å². The van der Waals surface area contributed by atoms with Gasteiger partial charge >= 0.3 is 6.18 Å². The van der Waals surface area contributed by atoms with Crippen LogP contribution in [0.1, 0.15) is 43.4 Å². The predicted molar refractivity (Wildman–Crippen MR) is 137 cm³/mol. The topological polar surface area (TPSA) is 143 Å². The molecule has 0 aliphatic carbocycles. The van der Waals surface area contributed by atoms with E-state index in [2.05, 4.69) is 15.3 Å². The average Bonchev–Trinajstić information content (AvgIpc) is 3.59. The van der Waals surface area contributed by atoms with Gasteiger partial charge in [0, 0.05) is 24.0 Å². The maximum Gasteiger partial charge on any atom is 0.422 e. The number of halogens is 3. The Hall–Kier alpha value is -4.36. The molecular formula is C28H25F3N4O6. The van der Waals surface area contributed by atoms with Gasteiger partial charge in [0.2, 0.25) is 17.5 Å². The van der Waals surface area contributed by atoms with Crippen LogP contribution in [-0.4, -0.2) is 60.8 Å². The van der Waals surface area contributed by atoms with Gasteiger partial charge in [-0.05, 0) is 18.9 Å². The molecule has 0 bridgehead atoms. The first-order chi connectivity index (χ1) is 19.4. The highest BCUT2D eigenvalue weighted by Gasteiger charge is 2.43. The molecule has 1 aliphatic rings.